The Labute approximate surface area is 181 Å². The first-order valence-corrected chi connectivity index (χ1v) is 10.7. The Morgan fingerprint density at radius 2 is 1.68 bits per heavy atom. The second-order valence-corrected chi connectivity index (χ2v) is 8.26. The standard InChI is InChI=1S/C27H22N4/c1-17-4-2-7-25(31-17)27-26(29-16-30-27)21-10-11-24-22(13-21)14-23(15-28-24)20-9-8-18-5-3-6-19(18)12-20/h2,4,7-16H,3,5-6H2,1H3,(H,29,30). The van der Waals surface area contributed by atoms with Gasteiger partial charge in [-0.25, -0.2) is 4.98 Å². The van der Waals surface area contributed by atoms with Crippen LogP contribution in [0.25, 0.3) is 44.7 Å². The van der Waals surface area contributed by atoms with Gasteiger partial charge in [0.1, 0.15) is 0 Å². The number of aryl methyl sites for hydroxylation is 3. The van der Waals surface area contributed by atoms with E-state index in [-0.39, 0.29) is 0 Å². The van der Waals surface area contributed by atoms with Gasteiger partial charge in [-0.1, -0.05) is 30.3 Å². The first kappa shape index (κ1) is 18.0. The Balaban J connectivity index is 1.43. The summed E-state index contributed by atoms with van der Waals surface area (Å²) in [5.41, 5.74) is 11.1. The monoisotopic (exact) mass is 402 g/mol. The molecule has 2 aromatic carbocycles. The van der Waals surface area contributed by atoms with E-state index in [1.165, 1.54) is 36.0 Å². The lowest BCUT2D eigenvalue weighted by Crippen LogP contribution is -1.90. The van der Waals surface area contributed by atoms with Gasteiger partial charge >= 0.3 is 0 Å². The number of fused-ring (bicyclic) bond motifs is 2. The molecule has 6 rings (SSSR count). The van der Waals surface area contributed by atoms with Crippen LogP contribution in [0.2, 0.25) is 0 Å². The van der Waals surface area contributed by atoms with Gasteiger partial charge < -0.3 is 4.98 Å². The Kier molecular flexibility index (Phi) is 4.17. The second kappa shape index (κ2) is 7.17. The first-order chi connectivity index (χ1) is 15.2. The molecule has 4 nitrogen and oxygen atoms in total. The highest BCUT2D eigenvalue weighted by Crippen LogP contribution is 2.32. The summed E-state index contributed by atoms with van der Waals surface area (Å²) in [5.74, 6) is 0. The molecule has 0 saturated heterocycles. The molecule has 0 spiro atoms. The molecule has 0 fully saturated rings. The van der Waals surface area contributed by atoms with Crippen LogP contribution in [0.15, 0.2) is 73.2 Å². The molecule has 0 unspecified atom stereocenters. The van der Waals surface area contributed by atoms with E-state index >= 15 is 0 Å². The maximum Gasteiger partial charge on any atom is 0.0977 e. The number of rotatable bonds is 3. The number of hydrogen-bond acceptors (Lipinski definition) is 3. The summed E-state index contributed by atoms with van der Waals surface area (Å²) < 4.78 is 0. The Morgan fingerprint density at radius 1 is 0.806 bits per heavy atom. The predicted octanol–water partition coefficient (Wildman–Crippen LogP) is 6.15. The fourth-order valence-electron chi connectivity index (χ4n) is 4.58. The molecule has 150 valence electrons. The average molecular weight is 403 g/mol. The Hall–Kier alpha value is -3.79. The number of imidazole rings is 1. The fraction of sp³-hybridized carbons (Fsp3) is 0.148. The highest BCUT2D eigenvalue weighted by molar-refractivity contribution is 5.89. The van der Waals surface area contributed by atoms with Crippen molar-refractivity contribution in [2.24, 2.45) is 0 Å². The van der Waals surface area contributed by atoms with Gasteiger partial charge in [0, 0.05) is 28.4 Å². The summed E-state index contributed by atoms with van der Waals surface area (Å²) in [6, 6.07) is 21.4. The van der Waals surface area contributed by atoms with Crippen LogP contribution >= 0.6 is 0 Å². The zero-order chi connectivity index (χ0) is 20.8. The second-order valence-electron chi connectivity index (χ2n) is 8.26. The molecule has 1 N–H and O–H groups in total. The van der Waals surface area contributed by atoms with E-state index < -0.39 is 0 Å². The van der Waals surface area contributed by atoms with Gasteiger partial charge in [0.15, 0.2) is 0 Å². The summed E-state index contributed by atoms with van der Waals surface area (Å²) in [7, 11) is 0. The number of benzene rings is 2. The third kappa shape index (κ3) is 3.21. The summed E-state index contributed by atoms with van der Waals surface area (Å²) >= 11 is 0. The maximum atomic E-state index is 4.73. The molecule has 1 aliphatic carbocycles. The van der Waals surface area contributed by atoms with Gasteiger partial charge in [0.25, 0.3) is 0 Å². The SMILES string of the molecule is Cc1cccc(-c2[nH]cnc2-c2ccc3ncc(-c4ccc5c(c4)CCC5)cc3c2)n1. The molecule has 0 atom stereocenters. The molecule has 0 bridgehead atoms. The summed E-state index contributed by atoms with van der Waals surface area (Å²) in [5, 5.41) is 1.11. The summed E-state index contributed by atoms with van der Waals surface area (Å²) in [6.07, 6.45) is 7.37. The van der Waals surface area contributed by atoms with E-state index in [4.69, 9.17) is 4.98 Å². The summed E-state index contributed by atoms with van der Waals surface area (Å²) in [6.45, 7) is 2.00. The van der Waals surface area contributed by atoms with Crippen molar-refractivity contribution in [1.29, 1.82) is 0 Å². The smallest absolute Gasteiger partial charge is 0.0977 e. The van der Waals surface area contributed by atoms with Crippen LogP contribution in [0, 0.1) is 6.92 Å². The van der Waals surface area contributed by atoms with Crippen LogP contribution in [0.5, 0.6) is 0 Å². The molecular weight excluding hydrogens is 380 g/mol. The fourth-order valence-corrected chi connectivity index (χ4v) is 4.58. The van der Waals surface area contributed by atoms with Crippen LogP contribution in [-0.4, -0.2) is 19.9 Å². The average Bonchev–Trinajstić information content (AvgIpc) is 3.47. The van der Waals surface area contributed by atoms with Crippen molar-refractivity contribution in [3.8, 4) is 33.8 Å². The van der Waals surface area contributed by atoms with Crippen molar-refractivity contribution >= 4 is 10.9 Å². The van der Waals surface area contributed by atoms with E-state index in [9.17, 15) is 0 Å². The minimum Gasteiger partial charge on any atom is -0.343 e. The van der Waals surface area contributed by atoms with E-state index in [0.29, 0.717) is 0 Å². The number of pyridine rings is 2. The highest BCUT2D eigenvalue weighted by Gasteiger charge is 2.14. The zero-order valence-corrected chi connectivity index (χ0v) is 17.4. The normalized spacial score (nSPS) is 12.9. The lowest BCUT2D eigenvalue weighted by atomic mass is 9.99. The lowest BCUT2D eigenvalue weighted by Gasteiger charge is -2.08. The molecule has 0 aliphatic heterocycles. The molecule has 4 heteroatoms. The molecule has 0 radical (unpaired) electrons. The van der Waals surface area contributed by atoms with Crippen LogP contribution in [0.1, 0.15) is 23.2 Å². The number of aromatic nitrogens is 4. The molecule has 31 heavy (non-hydrogen) atoms. The van der Waals surface area contributed by atoms with E-state index in [1.807, 2.05) is 31.3 Å². The number of aromatic amines is 1. The summed E-state index contributed by atoms with van der Waals surface area (Å²) in [4.78, 5) is 17.3. The highest BCUT2D eigenvalue weighted by atomic mass is 14.9. The molecule has 0 amide bonds. The first-order valence-electron chi connectivity index (χ1n) is 10.7. The third-order valence-electron chi connectivity index (χ3n) is 6.17. The van der Waals surface area contributed by atoms with Crippen LogP contribution in [0.4, 0.5) is 0 Å². The van der Waals surface area contributed by atoms with Gasteiger partial charge in [-0.05, 0) is 73.2 Å². The zero-order valence-electron chi connectivity index (χ0n) is 17.4. The quantitative estimate of drug-likeness (QED) is 0.394. The molecule has 3 heterocycles. The van der Waals surface area contributed by atoms with Crippen LogP contribution in [0.3, 0.4) is 0 Å². The topological polar surface area (TPSA) is 54.5 Å². The van der Waals surface area contributed by atoms with Crippen molar-refractivity contribution in [3.63, 3.8) is 0 Å². The van der Waals surface area contributed by atoms with Gasteiger partial charge in [-0.15, -0.1) is 0 Å². The Morgan fingerprint density at radius 3 is 2.61 bits per heavy atom. The molecule has 5 aromatic rings. The van der Waals surface area contributed by atoms with Crippen molar-refractivity contribution < 1.29 is 0 Å². The van der Waals surface area contributed by atoms with Crippen LogP contribution in [-0.2, 0) is 12.8 Å². The van der Waals surface area contributed by atoms with Gasteiger partial charge in [0.2, 0.25) is 0 Å². The minimum absolute atomic E-state index is 0.901. The van der Waals surface area contributed by atoms with E-state index in [1.54, 1.807) is 6.33 Å². The minimum atomic E-state index is 0.901. The van der Waals surface area contributed by atoms with Crippen molar-refractivity contribution in [3.05, 3.63) is 90.0 Å². The third-order valence-corrected chi connectivity index (χ3v) is 6.17. The van der Waals surface area contributed by atoms with E-state index in [2.05, 4.69) is 57.4 Å². The predicted molar refractivity (Wildman–Crippen MR) is 125 cm³/mol. The Bertz CT molecular complexity index is 1430. The van der Waals surface area contributed by atoms with Crippen molar-refractivity contribution in [2.45, 2.75) is 26.2 Å². The molecular formula is C27H22N4. The van der Waals surface area contributed by atoms with Crippen LogP contribution < -0.4 is 0 Å². The van der Waals surface area contributed by atoms with Gasteiger partial charge in [-0.3, -0.25) is 9.97 Å². The van der Waals surface area contributed by atoms with Gasteiger partial charge in [-0.2, -0.15) is 0 Å². The van der Waals surface area contributed by atoms with E-state index in [0.717, 1.165) is 44.8 Å². The van der Waals surface area contributed by atoms with Crippen molar-refractivity contribution in [2.75, 3.05) is 0 Å². The number of nitrogens with zero attached hydrogens (tertiary/aromatic N) is 3. The number of hydrogen-bond donors (Lipinski definition) is 1. The molecule has 1 aliphatic rings. The lowest BCUT2D eigenvalue weighted by molar-refractivity contribution is 0.912. The molecule has 0 saturated carbocycles. The van der Waals surface area contributed by atoms with Crippen molar-refractivity contribution in [1.82, 2.24) is 19.9 Å². The number of nitrogens with one attached hydrogen (secondary N) is 1. The largest absolute Gasteiger partial charge is 0.343 e. The molecule has 3 aromatic heterocycles. The van der Waals surface area contributed by atoms with Gasteiger partial charge in [0.05, 0.1) is 28.9 Å². The number of H-pyrrole nitrogens is 1. The maximum absolute atomic E-state index is 4.73.